The normalized spacial score (nSPS) is 17.2. The number of anilines is 1. The van der Waals surface area contributed by atoms with Gasteiger partial charge in [0.05, 0.1) is 10.6 Å². The van der Waals surface area contributed by atoms with Crippen molar-refractivity contribution in [3.63, 3.8) is 0 Å². The second-order valence-corrected chi connectivity index (χ2v) is 11.4. The van der Waals surface area contributed by atoms with E-state index in [9.17, 15) is 13.2 Å². The van der Waals surface area contributed by atoms with Gasteiger partial charge >= 0.3 is 0 Å². The fourth-order valence-corrected chi connectivity index (χ4v) is 6.61. The van der Waals surface area contributed by atoms with E-state index in [0.717, 1.165) is 41.4 Å². The highest BCUT2D eigenvalue weighted by atomic mass is 79.9. The largest absolute Gasteiger partial charge is 0.298 e. The van der Waals surface area contributed by atoms with Gasteiger partial charge in [-0.2, -0.15) is 4.31 Å². The first-order chi connectivity index (χ1) is 15.4. The van der Waals surface area contributed by atoms with E-state index in [2.05, 4.69) is 26.2 Å². The van der Waals surface area contributed by atoms with Gasteiger partial charge in [0.15, 0.2) is 5.13 Å². The van der Waals surface area contributed by atoms with Crippen molar-refractivity contribution in [2.75, 3.05) is 11.9 Å². The van der Waals surface area contributed by atoms with Crippen molar-refractivity contribution < 1.29 is 13.2 Å². The molecule has 2 heterocycles. The highest BCUT2D eigenvalue weighted by Gasteiger charge is 2.32. The fourth-order valence-electron chi connectivity index (χ4n) is 3.87. The van der Waals surface area contributed by atoms with Gasteiger partial charge in [-0.1, -0.05) is 41.4 Å². The van der Waals surface area contributed by atoms with Gasteiger partial charge in [0, 0.05) is 33.6 Å². The molecule has 0 saturated carbocycles. The highest BCUT2D eigenvalue weighted by Crippen LogP contribution is 2.28. The number of thiazole rings is 1. The van der Waals surface area contributed by atoms with Crippen molar-refractivity contribution in [1.82, 2.24) is 9.29 Å². The molecule has 1 aliphatic heterocycles. The molecular formula is C23H24BrN3O3S2. The predicted molar refractivity (Wildman–Crippen MR) is 131 cm³/mol. The van der Waals surface area contributed by atoms with Crippen molar-refractivity contribution >= 4 is 48.3 Å². The number of carbonyl (C=O) groups excluding carboxylic acids is 1. The average Bonchev–Trinajstić information content (AvgIpc) is 3.28. The molecule has 0 radical (unpaired) electrons. The van der Waals surface area contributed by atoms with Crippen LogP contribution in [0.15, 0.2) is 63.3 Å². The molecule has 0 aliphatic carbocycles. The number of nitrogens with one attached hydrogen (secondary N) is 1. The van der Waals surface area contributed by atoms with Crippen molar-refractivity contribution in [1.29, 1.82) is 0 Å². The summed E-state index contributed by atoms with van der Waals surface area (Å²) < 4.78 is 28.8. The number of halogens is 1. The highest BCUT2D eigenvalue weighted by molar-refractivity contribution is 9.10. The standard InChI is InChI=1S/C23H24BrN3O3S2/c1-2-19-5-3-4-14-27(19)32(29,30)20-12-8-17(9-13-20)22(28)26-23-25-21(15-31-23)16-6-10-18(24)11-7-16/h6-13,15,19H,2-5,14H2,1H3,(H,25,26,28). The lowest BCUT2D eigenvalue weighted by Crippen LogP contribution is -2.43. The van der Waals surface area contributed by atoms with Gasteiger partial charge in [0.1, 0.15) is 0 Å². The summed E-state index contributed by atoms with van der Waals surface area (Å²) in [5.74, 6) is -0.324. The summed E-state index contributed by atoms with van der Waals surface area (Å²) in [6.45, 7) is 2.57. The molecule has 1 aliphatic rings. The second kappa shape index (κ2) is 9.82. The Kier molecular flexibility index (Phi) is 7.09. The summed E-state index contributed by atoms with van der Waals surface area (Å²) in [5.41, 5.74) is 2.13. The third-order valence-corrected chi connectivity index (χ3v) is 8.88. The quantitative estimate of drug-likeness (QED) is 0.435. The van der Waals surface area contributed by atoms with Gasteiger partial charge in [-0.3, -0.25) is 10.1 Å². The lowest BCUT2D eigenvalue weighted by molar-refractivity contribution is 0.102. The molecular weight excluding hydrogens is 510 g/mol. The molecule has 9 heteroatoms. The minimum Gasteiger partial charge on any atom is -0.298 e. The van der Waals surface area contributed by atoms with Gasteiger partial charge in [-0.25, -0.2) is 13.4 Å². The maximum absolute atomic E-state index is 13.1. The Morgan fingerprint density at radius 2 is 1.88 bits per heavy atom. The number of hydrogen-bond acceptors (Lipinski definition) is 5. The molecule has 1 atom stereocenters. The molecule has 4 rings (SSSR count). The van der Waals surface area contributed by atoms with Gasteiger partial charge in [-0.05, 0) is 55.7 Å². The Balaban J connectivity index is 1.46. The fraction of sp³-hybridized carbons (Fsp3) is 0.304. The van der Waals surface area contributed by atoms with Gasteiger partial charge in [-0.15, -0.1) is 11.3 Å². The minimum absolute atomic E-state index is 0.0431. The van der Waals surface area contributed by atoms with Crippen molar-refractivity contribution in [2.24, 2.45) is 0 Å². The lowest BCUT2D eigenvalue weighted by Gasteiger charge is -2.34. The molecule has 0 bridgehead atoms. The number of nitrogens with zero attached hydrogens (tertiary/aromatic N) is 2. The van der Waals surface area contributed by atoms with Gasteiger partial charge in [0.2, 0.25) is 10.0 Å². The predicted octanol–water partition coefficient (Wildman–Crippen LogP) is 5.78. The second-order valence-electron chi connectivity index (χ2n) is 7.70. The average molecular weight is 535 g/mol. The molecule has 32 heavy (non-hydrogen) atoms. The van der Waals surface area contributed by atoms with Crippen LogP contribution in [0.5, 0.6) is 0 Å². The van der Waals surface area contributed by atoms with Gasteiger partial charge in [0.25, 0.3) is 5.91 Å². The van der Waals surface area contributed by atoms with Crippen molar-refractivity contribution in [3.05, 3.63) is 63.9 Å². The van der Waals surface area contributed by atoms with Crippen LogP contribution < -0.4 is 5.32 Å². The van der Waals surface area contributed by atoms with Crippen LogP contribution in [-0.2, 0) is 10.0 Å². The summed E-state index contributed by atoms with van der Waals surface area (Å²) in [7, 11) is -3.57. The molecule has 1 amide bonds. The molecule has 6 nitrogen and oxygen atoms in total. The Morgan fingerprint density at radius 3 is 2.56 bits per heavy atom. The summed E-state index contributed by atoms with van der Waals surface area (Å²) in [5, 5.41) is 5.17. The van der Waals surface area contributed by atoms with E-state index in [4.69, 9.17) is 0 Å². The monoisotopic (exact) mass is 533 g/mol. The van der Waals surface area contributed by atoms with Crippen LogP contribution in [0.1, 0.15) is 43.0 Å². The third-order valence-electron chi connectivity index (χ3n) is 5.63. The van der Waals surface area contributed by atoms with E-state index in [0.29, 0.717) is 17.2 Å². The van der Waals surface area contributed by atoms with Crippen LogP contribution in [0.25, 0.3) is 11.3 Å². The van der Waals surface area contributed by atoms with Crippen LogP contribution in [0.4, 0.5) is 5.13 Å². The molecule has 0 spiro atoms. The van der Waals surface area contributed by atoms with Crippen LogP contribution >= 0.6 is 27.3 Å². The van der Waals surface area contributed by atoms with Crippen molar-refractivity contribution in [2.45, 2.75) is 43.5 Å². The number of rotatable bonds is 6. The number of benzene rings is 2. The summed E-state index contributed by atoms with van der Waals surface area (Å²) in [4.78, 5) is 17.4. The van der Waals surface area contributed by atoms with E-state index in [1.807, 2.05) is 36.6 Å². The maximum Gasteiger partial charge on any atom is 0.257 e. The molecule has 1 unspecified atom stereocenters. The molecule has 1 saturated heterocycles. The van der Waals surface area contributed by atoms with Crippen LogP contribution in [0.2, 0.25) is 0 Å². The SMILES string of the molecule is CCC1CCCCN1S(=O)(=O)c1ccc(C(=O)Nc2nc(-c3ccc(Br)cc3)cs2)cc1. The first kappa shape index (κ1) is 23.1. The van der Waals surface area contributed by atoms with Crippen LogP contribution in [-0.4, -0.2) is 36.2 Å². The summed E-state index contributed by atoms with van der Waals surface area (Å²) in [6, 6.07) is 14.0. The topological polar surface area (TPSA) is 79.4 Å². The van der Waals surface area contributed by atoms with E-state index in [1.165, 1.54) is 23.5 Å². The number of carbonyl (C=O) groups is 1. The number of hydrogen-bond donors (Lipinski definition) is 1. The van der Waals surface area contributed by atoms with Crippen LogP contribution in [0, 0.1) is 0 Å². The summed E-state index contributed by atoms with van der Waals surface area (Å²) >= 11 is 4.76. The van der Waals surface area contributed by atoms with Gasteiger partial charge < -0.3 is 0 Å². The zero-order valence-corrected chi connectivity index (χ0v) is 20.8. The molecule has 1 N–H and O–H groups in total. The Labute approximate surface area is 200 Å². The van der Waals surface area contributed by atoms with E-state index in [1.54, 1.807) is 16.4 Å². The lowest BCUT2D eigenvalue weighted by atomic mass is 10.0. The third kappa shape index (κ3) is 4.96. The molecule has 168 valence electrons. The van der Waals surface area contributed by atoms with E-state index < -0.39 is 10.0 Å². The van der Waals surface area contributed by atoms with Crippen LogP contribution in [0.3, 0.4) is 0 Å². The Bertz CT molecular complexity index is 1190. The van der Waals surface area contributed by atoms with Crippen molar-refractivity contribution in [3.8, 4) is 11.3 Å². The number of sulfonamides is 1. The zero-order chi connectivity index (χ0) is 22.7. The number of amides is 1. The minimum atomic E-state index is -3.57. The number of aromatic nitrogens is 1. The smallest absolute Gasteiger partial charge is 0.257 e. The Hall–Kier alpha value is -2.07. The zero-order valence-electron chi connectivity index (χ0n) is 17.6. The van der Waals surface area contributed by atoms with E-state index >= 15 is 0 Å². The molecule has 1 fully saturated rings. The summed E-state index contributed by atoms with van der Waals surface area (Å²) in [6.07, 6.45) is 3.64. The first-order valence-electron chi connectivity index (χ1n) is 10.5. The van der Waals surface area contributed by atoms with E-state index in [-0.39, 0.29) is 16.8 Å². The first-order valence-corrected chi connectivity index (χ1v) is 13.6. The molecule has 3 aromatic rings. The number of piperidine rings is 1. The molecule has 1 aromatic heterocycles. The Morgan fingerprint density at radius 1 is 1.16 bits per heavy atom. The maximum atomic E-state index is 13.1. The molecule has 2 aromatic carbocycles.